The molecule has 0 unspecified atom stereocenters. The van der Waals surface area contributed by atoms with E-state index in [1.54, 1.807) is 7.11 Å². The van der Waals surface area contributed by atoms with Crippen LogP contribution in [0.15, 0.2) is 30.3 Å². The fourth-order valence-electron chi connectivity index (χ4n) is 3.11. The number of hydrogen-bond donors (Lipinski definition) is 2. The largest absolute Gasteiger partial charge is 0.496 e. The molecule has 0 radical (unpaired) electrons. The van der Waals surface area contributed by atoms with Crippen molar-refractivity contribution in [3.05, 3.63) is 35.9 Å². The second-order valence-corrected chi connectivity index (χ2v) is 6.40. The van der Waals surface area contributed by atoms with Gasteiger partial charge in [0.1, 0.15) is 5.75 Å². The number of para-hydroxylation sites is 1. The molecule has 1 heterocycles. The summed E-state index contributed by atoms with van der Waals surface area (Å²) in [5, 5.41) is 13.0. The van der Waals surface area contributed by atoms with Crippen molar-refractivity contribution in [1.82, 2.24) is 10.2 Å². The Labute approximate surface area is 140 Å². The minimum Gasteiger partial charge on any atom is -0.496 e. The van der Waals surface area contributed by atoms with E-state index in [0.29, 0.717) is 0 Å². The van der Waals surface area contributed by atoms with Crippen molar-refractivity contribution in [2.24, 2.45) is 5.92 Å². The third-order valence-electron chi connectivity index (χ3n) is 4.36. The first-order valence-electron chi connectivity index (χ1n) is 8.59. The van der Waals surface area contributed by atoms with Crippen LogP contribution in [0, 0.1) is 5.92 Å². The maximum atomic E-state index is 9.43. The molecular formula is C19H30N2O2. The molecule has 0 saturated carbocycles. The molecule has 0 amide bonds. The molecule has 1 fully saturated rings. The van der Waals surface area contributed by atoms with Gasteiger partial charge >= 0.3 is 0 Å². The third kappa shape index (κ3) is 6.34. The zero-order chi connectivity index (χ0) is 16.5. The number of rotatable bonds is 8. The van der Waals surface area contributed by atoms with E-state index in [1.165, 1.54) is 12.8 Å². The molecule has 1 saturated heterocycles. The van der Waals surface area contributed by atoms with Crippen molar-refractivity contribution in [3.8, 4) is 5.75 Å². The Hall–Kier alpha value is -1.36. The van der Waals surface area contributed by atoms with Gasteiger partial charge in [-0.2, -0.15) is 0 Å². The number of nitrogens with zero attached hydrogens (tertiary/aromatic N) is 1. The summed E-state index contributed by atoms with van der Waals surface area (Å²) in [6.45, 7) is 6.83. The van der Waals surface area contributed by atoms with Crippen LogP contribution < -0.4 is 10.1 Å². The molecule has 0 aromatic heterocycles. The lowest BCUT2D eigenvalue weighted by molar-refractivity contribution is 0.100. The van der Waals surface area contributed by atoms with Crippen molar-refractivity contribution in [2.75, 3.05) is 39.8 Å². The fraction of sp³-hybridized carbons (Fsp3) is 0.579. The first kappa shape index (κ1) is 18.0. The lowest BCUT2D eigenvalue weighted by Gasteiger charge is -2.32. The van der Waals surface area contributed by atoms with E-state index < -0.39 is 0 Å². The van der Waals surface area contributed by atoms with Crippen LogP contribution in [0.5, 0.6) is 5.75 Å². The molecule has 4 nitrogen and oxygen atoms in total. The first-order chi connectivity index (χ1) is 11.2. The summed E-state index contributed by atoms with van der Waals surface area (Å²) in [5.41, 5.74) is 1.11. The van der Waals surface area contributed by atoms with E-state index >= 15 is 0 Å². The maximum absolute atomic E-state index is 9.43. The molecule has 23 heavy (non-hydrogen) atoms. The van der Waals surface area contributed by atoms with Crippen LogP contribution in [0.3, 0.4) is 0 Å². The van der Waals surface area contributed by atoms with Crippen LogP contribution >= 0.6 is 0 Å². The highest BCUT2D eigenvalue weighted by Crippen LogP contribution is 2.18. The molecule has 128 valence electrons. The second-order valence-electron chi connectivity index (χ2n) is 6.40. The van der Waals surface area contributed by atoms with Crippen molar-refractivity contribution >= 4 is 6.08 Å². The van der Waals surface area contributed by atoms with Crippen LogP contribution in [-0.4, -0.2) is 55.9 Å². The van der Waals surface area contributed by atoms with E-state index in [-0.39, 0.29) is 6.10 Å². The number of β-amino-alcohol motifs (C(OH)–C–C–N with tert-alkyl or cyclic N) is 1. The van der Waals surface area contributed by atoms with E-state index in [2.05, 4.69) is 28.4 Å². The smallest absolute Gasteiger partial charge is 0.126 e. The summed E-state index contributed by atoms with van der Waals surface area (Å²) >= 11 is 0. The molecule has 2 rings (SSSR count). The molecule has 1 aliphatic rings. The molecule has 2 N–H and O–H groups in total. The molecule has 0 spiro atoms. The van der Waals surface area contributed by atoms with Gasteiger partial charge in [0.25, 0.3) is 0 Å². The summed E-state index contributed by atoms with van der Waals surface area (Å²) in [4.78, 5) is 2.36. The molecule has 4 heteroatoms. The minimum absolute atomic E-state index is 0.218. The van der Waals surface area contributed by atoms with Crippen LogP contribution in [-0.2, 0) is 0 Å². The number of nitrogens with one attached hydrogen (secondary N) is 1. The predicted octanol–water partition coefficient (Wildman–Crippen LogP) is 2.39. The Balaban J connectivity index is 1.63. The molecule has 1 aromatic rings. The minimum atomic E-state index is -0.218. The molecule has 1 aliphatic heterocycles. The number of likely N-dealkylation sites (tertiary alicyclic amines) is 1. The van der Waals surface area contributed by atoms with Crippen LogP contribution in [0.1, 0.15) is 25.3 Å². The standard InChI is InChI=1S/C19H30N2O2/c1-16(22)15-21-12-9-17(10-13-21)14-20-11-5-7-18-6-3-4-8-19(18)23-2/h3-8,16-17,20,22H,9-15H2,1-2H3/b7-5-/t16-/m0/s1. The number of aliphatic hydroxyl groups excluding tert-OH is 1. The Morgan fingerprint density at radius 3 is 2.78 bits per heavy atom. The van der Waals surface area contributed by atoms with E-state index in [4.69, 9.17) is 4.74 Å². The van der Waals surface area contributed by atoms with Gasteiger partial charge in [0.05, 0.1) is 13.2 Å². The summed E-state index contributed by atoms with van der Waals surface area (Å²) in [6, 6.07) is 8.05. The normalized spacial score (nSPS) is 18.4. The summed E-state index contributed by atoms with van der Waals surface area (Å²) < 4.78 is 5.34. The van der Waals surface area contributed by atoms with Crippen LogP contribution in [0.4, 0.5) is 0 Å². The second kappa shape index (κ2) is 9.71. The van der Waals surface area contributed by atoms with Crippen LogP contribution in [0.2, 0.25) is 0 Å². The lowest BCUT2D eigenvalue weighted by Crippen LogP contribution is -2.40. The number of methoxy groups -OCH3 is 1. The van der Waals surface area contributed by atoms with Gasteiger partial charge in [0, 0.05) is 18.7 Å². The SMILES string of the molecule is COc1ccccc1/C=C\CNCC1CCN(C[C@H](C)O)CC1. The zero-order valence-electron chi connectivity index (χ0n) is 14.4. The highest BCUT2D eigenvalue weighted by atomic mass is 16.5. The highest BCUT2D eigenvalue weighted by Gasteiger charge is 2.19. The Morgan fingerprint density at radius 1 is 1.35 bits per heavy atom. The van der Waals surface area contributed by atoms with Gasteiger partial charge in [-0.15, -0.1) is 0 Å². The molecular weight excluding hydrogens is 288 g/mol. The van der Waals surface area contributed by atoms with Crippen molar-refractivity contribution in [2.45, 2.75) is 25.9 Å². The zero-order valence-corrected chi connectivity index (χ0v) is 14.4. The van der Waals surface area contributed by atoms with Gasteiger partial charge in [-0.1, -0.05) is 30.4 Å². The molecule has 1 aromatic carbocycles. The topological polar surface area (TPSA) is 44.7 Å². The molecule has 1 atom stereocenters. The molecule has 0 aliphatic carbocycles. The van der Waals surface area contributed by atoms with Gasteiger partial charge in [-0.05, 0) is 51.4 Å². The summed E-state index contributed by atoms with van der Waals surface area (Å²) in [5.74, 6) is 1.66. The lowest BCUT2D eigenvalue weighted by atomic mass is 9.96. The number of piperidine rings is 1. The fourth-order valence-corrected chi connectivity index (χ4v) is 3.11. The number of aliphatic hydroxyl groups is 1. The van der Waals surface area contributed by atoms with Gasteiger partial charge in [0.15, 0.2) is 0 Å². The van der Waals surface area contributed by atoms with Crippen molar-refractivity contribution < 1.29 is 9.84 Å². The first-order valence-corrected chi connectivity index (χ1v) is 8.59. The number of hydrogen-bond acceptors (Lipinski definition) is 4. The average molecular weight is 318 g/mol. The number of ether oxygens (including phenoxy) is 1. The van der Waals surface area contributed by atoms with Crippen molar-refractivity contribution in [1.29, 1.82) is 0 Å². The summed E-state index contributed by atoms with van der Waals surface area (Å²) in [6.07, 6.45) is 6.48. The maximum Gasteiger partial charge on any atom is 0.126 e. The molecule has 0 bridgehead atoms. The Bertz CT molecular complexity index is 480. The third-order valence-corrected chi connectivity index (χ3v) is 4.36. The van der Waals surface area contributed by atoms with Gasteiger partial charge in [0.2, 0.25) is 0 Å². The van der Waals surface area contributed by atoms with Gasteiger partial charge < -0.3 is 20.1 Å². The highest BCUT2D eigenvalue weighted by molar-refractivity contribution is 5.57. The predicted molar refractivity (Wildman–Crippen MR) is 95.7 cm³/mol. The van der Waals surface area contributed by atoms with E-state index in [9.17, 15) is 5.11 Å². The monoisotopic (exact) mass is 318 g/mol. The van der Waals surface area contributed by atoms with E-state index in [1.807, 2.05) is 25.1 Å². The quantitative estimate of drug-likeness (QED) is 0.723. The van der Waals surface area contributed by atoms with Gasteiger partial charge in [-0.3, -0.25) is 0 Å². The number of benzene rings is 1. The Morgan fingerprint density at radius 2 is 2.09 bits per heavy atom. The van der Waals surface area contributed by atoms with E-state index in [0.717, 1.165) is 50.0 Å². The van der Waals surface area contributed by atoms with Crippen LogP contribution in [0.25, 0.3) is 6.08 Å². The average Bonchev–Trinajstić information content (AvgIpc) is 2.56. The summed E-state index contributed by atoms with van der Waals surface area (Å²) in [7, 11) is 1.70. The Kier molecular flexibility index (Phi) is 7.59. The van der Waals surface area contributed by atoms with Gasteiger partial charge in [-0.25, -0.2) is 0 Å². The van der Waals surface area contributed by atoms with Crippen molar-refractivity contribution in [3.63, 3.8) is 0 Å².